The molecule has 0 saturated heterocycles. The van der Waals surface area contributed by atoms with Crippen molar-refractivity contribution in [3.63, 3.8) is 0 Å². The normalized spacial score (nSPS) is 10.9. The second-order valence-corrected chi connectivity index (χ2v) is 5.12. The molecule has 0 radical (unpaired) electrons. The predicted octanol–water partition coefficient (Wildman–Crippen LogP) is 3.33. The van der Waals surface area contributed by atoms with Gasteiger partial charge in [0.2, 0.25) is 0 Å². The van der Waals surface area contributed by atoms with Gasteiger partial charge in [-0.2, -0.15) is 0 Å². The average molecular weight is 284 g/mol. The minimum Gasteiger partial charge on any atom is -0.377 e. The predicted molar refractivity (Wildman–Crippen MR) is 78.9 cm³/mol. The summed E-state index contributed by atoms with van der Waals surface area (Å²) < 4.78 is 0. The second-order valence-electron chi connectivity index (χ2n) is 4.31. The Morgan fingerprint density at radius 2 is 1.89 bits per heavy atom. The molecule has 1 aromatic heterocycles. The average Bonchev–Trinajstić information content (AvgIpc) is 2.33. The number of fused-ring (bicyclic) bond motifs is 1. The molecule has 0 bridgehead atoms. The SMILES string of the molecule is CNCc1cc(N(C)C)c2c(Cl)ccc(Cl)c2n1. The molecule has 0 fully saturated rings. The van der Waals surface area contributed by atoms with Gasteiger partial charge < -0.3 is 10.2 Å². The number of aromatic nitrogens is 1. The third-order valence-corrected chi connectivity index (χ3v) is 3.35. The van der Waals surface area contributed by atoms with Crippen LogP contribution in [0.2, 0.25) is 10.0 Å². The minimum absolute atomic E-state index is 0.621. The van der Waals surface area contributed by atoms with E-state index in [9.17, 15) is 0 Å². The van der Waals surface area contributed by atoms with E-state index in [1.54, 1.807) is 12.1 Å². The zero-order chi connectivity index (χ0) is 13.3. The van der Waals surface area contributed by atoms with Gasteiger partial charge in [0.25, 0.3) is 0 Å². The van der Waals surface area contributed by atoms with Crippen LogP contribution in [0.15, 0.2) is 18.2 Å². The first-order valence-corrected chi connectivity index (χ1v) is 6.39. The van der Waals surface area contributed by atoms with Gasteiger partial charge in [-0.15, -0.1) is 0 Å². The first kappa shape index (κ1) is 13.4. The number of rotatable bonds is 3. The van der Waals surface area contributed by atoms with Crippen LogP contribution in [-0.2, 0) is 6.54 Å². The number of hydrogen-bond donors (Lipinski definition) is 1. The lowest BCUT2D eigenvalue weighted by molar-refractivity contribution is 0.795. The molecule has 3 nitrogen and oxygen atoms in total. The number of anilines is 1. The summed E-state index contributed by atoms with van der Waals surface area (Å²) in [6, 6.07) is 5.61. The van der Waals surface area contributed by atoms with Crippen molar-refractivity contribution in [2.45, 2.75) is 6.54 Å². The lowest BCUT2D eigenvalue weighted by atomic mass is 10.1. The molecule has 1 heterocycles. The fourth-order valence-corrected chi connectivity index (χ4v) is 2.37. The van der Waals surface area contributed by atoms with Crippen LogP contribution >= 0.6 is 23.2 Å². The van der Waals surface area contributed by atoms with Gasteiger partial charge in [0.1, 0.15) is 0 Å². The Labute approximate surface area is 117 Å². The van der Waals surface area contributed by atoms with Crippen LogP contribution < -0.4 is 10.2 Å². The Kier molecular flexibility index (Phi) is 3.95. The molecule has 2 aromatic rings. The molecule has 18 heavy (non-hydrogen) atoms. The highest BCUT2D eigenvalue weighted by molar-refractivity contribution is 6.40. The number of halogens is 2. The summed E-state index contributed by atoms with van der Waals surface area (Å²) in [5.74, 6) is 0. The van der Waals surface area contributed by atoms with Crippen LogP contribution in [-0.4, -0.2) is 26.1 Å². The first-order valence-electron chi connectivity index (χ1n) is 5.64. The van der Waals surface area contributed by atoms with Crippen LogP contribution in [0, 0.1) is 0 Å². The van der Waals surface area contributed by atoms with Crippen LogP contribution in [0.3, 0.4) is 0 Å². The van der Waals surface area contributed by atoms with Gasteiger partial charge in [-0.25, -0.2) is 4.98 Å². The van der Waals surface area contributed by atoms with E-state index in [2.05, 4.69) is 10.3 Å². The summed E-state index contributed by atoms with van der Waals surface area (Å²) in [5.41, 5.74) is 2.72. The summed E-state index contributed by atoms with van der Waals surface area (Å²) in [6.07, 6.45) is 0. The van der Waals surface area contributed by atoms with E-state index in [0.717, 1.165) is 22.3 Å². The highest BCUT2D eigenvalue weighted by atomic mass is 35.5. The van der Waals surface area contributed by atoms with E-state index in [0.29, 0.717) is 16.6 Å². The number of pyridine rings is 1. The molecule has 0 saturated carbocycles. The quantitative estimate of drug-likeness (QED) is 0.937. The zero-order valence-corrected chi connectivity index (χ0v) is 12.1. The zero-order valence-electron chi connectivity index (χ0n) is 10.6. The second kappa shape index (κ2) is 5.31. The summed E-state index contributed by atoms with van der Waals surface area (Å²) >= 11 is 12.5. The lowest BCUT2D eigenvalue weighted by Crippen LogP contribution is -2.13. The summed E-state index contributed by atoms with van der Waals surface area (Å²) in [5, 5.41) is 5.28. The third kappa shape index (κ3) is 2.39. The first-order chi connectivity index (χ1) is 8.54. The fraction of sp³-hybridized carbons (Fsp3) is 0.308. The molecule has 0 unspecified atom stereocenters. The Morgan fingerprint density at radius 1 is 1.22 bits per heavy atom. The van der Waals surface area contributed by atoms with E-state index < -0.39 is 0 Å². The Bertz CT molecular complexity index is 582. The molecule has 96 valence electrons. The smallest absolute Gasteiger partial charge is 0.0927 e. The molecule has 0 atom stereocenters. The van der Waals surface area contributed by atoms with Gasteiger partial charge in [-0.1, -0.05) is 23.2 Å². The maximum absolute atomic E-state index is 6.27. The number of nitrogens with zero attached hydrogens (tertiary/aromatic N) is 2. The fourth-order valence-electron chi connectivity index (χ4n) is 1.92. The topological polar surface area (TPSA) is 28.2 Å². The van der Waals surface area contributed by atoms with Crippen molar-refractivity contribution in [2.75, 3.05) is 26.0 Å². The summed E-state index contributed by atoms with van der Waals surface area (Å²) in [6.45, 7) is 0.694. The summed E-state index contributed by atoms with van der Waals surface area (Å²) in [7, 11) is 5.85. The molecular formula is C13H15Cl2N3. The van der Waals surface area contributed by atoms with Gasteiger partial charge in [-0.05, 0) is 25.2 Å². The highest BCUT2D eigenvalue weighted by Gasteiger charge is 2.13. The van der Waals surface area contributed by atoms with Crippen molar-refractivity contribution in [2.24, 2.45) is 0 Å². The van der Waals surface area contributed by atoms with Gasteiger partial charge >= 0.3 is 0 Å². The Balaban J connectivity index is 2.81. The van der Waals surface area contributed by atoms with Crippen molar-refractivity contribution in [3.8, 4) is 0 Å². The molecule has 2 rings (SSSR count). The van der Waals surface area contributed by atoms with Crippen molar-refractivity contribution in [1.29, 1.82) is 0 Å². The molecule has 0 aliphatic carbocycles. The largest absolute Gasteiger partial charge is 0.377 e. The van der Waals surface area contributed by atoms with Crippen molar-refractivity contribution < 1.29 is 0 Å². The standard InChI is InChI=1S/C13H15Cl2N3/c1-16-7-8-6-11(18(2)3)12-9(14)4-5-10(15)13(12)17-8/h4-6,16H,7H2,1-3H3. The molecule has 0 spiro atoms. The van der Waals surface area contributed by atoms with E-state index in [1.807, 2.05) is 32.1 Å². The van der Waals surface area contributed by atoms with E-state index in [-0.39, 0.29) is 0 Å². The molecule has 1 aromatic carbocycles. The van der Waals surface area contributed by atoms with Crippen molar-refractivity contribution in [3.05, 3.63) is 33.9 Å². The molecule has 0 aliphatic rings. The number of hydrogen-bond acceptors (Lipinski definition) is 3. The van der Waals surface area contributed by atoms with Crippen LogP contribution in [0.4, 0.5) is 5.69 Å². The van der Waals surface area contributed by atoms with E-state index >= 15 is 0 Å². The van der Waals surface area contributed by atoms with Crippen molar-refractivity contribution in [1.82, 2.24) is 10.3 Å². The third-order valence-electron chi connectivity index (χ3n) is 2.73. The van der Waals surface area contributed by atoms with Crippen molar-refractivity contribution >= 4 is 39.8 Å². The minimum atomic E-state index is 0.621. The van der Waals surface area contributed by atoms with Crippen LogP contribution in [0.1, 0.15) is 5.69 Å². The van der Waals surface area contributed by atoms with Gasteiger partial charge in [0.15, 0.2) is 0 Å². The summed E-state index contributed by atoms with van der Waals surface area (Å²) in [4.78, 5) is 6.58. The van der Waals surface area contributed by atoms with E-state index in [4.69, 9.17) is 23.2 Å². The van der Waals surface area contributed by atoms with Crippen LogP contribution in [0.25, 0.3) is 10.9 Å². The number of benzene rings is 1. The molecular weight excluding hydrogens is 269 g/mol. The molecule has 5 heteroatoms. The van der Waals surface area contributed by atoms with E-state index in [1.165, 1.54) is 0 Å². The number of nitrogens with one attached hydrogen (secondary N) is 1. The maximum Gasteiger partial charge on any atom is 0.0927 e. The Hall–Kier alpha value is -1.03. The monoisotopic (exact) mass is 283 g/mol. The van der Waals surface area contributed by atoms with Gasteiger partial charge in [0, 0.05) is 31.7 Å². The molecule has 0 aliphatic heterocycles. The van der Waals surface area contributed by atoms with Crippen LogP contribution in [0.5, 0.6) is 0 Å². The Morgan fingerprint density at radius 3 is 2.50 bits per heavy atom. The van der Waals surface area contributed by atoms with Gasteiger partial charge in [-0.3, -0.25) is 0 Å². The van der Waals surface area contributed by atoms with Gasteiger partial charge in [0.05, 0.1) is 21.3 Å². The molecule has 1 N–H and O–H groups in total. The highest BCUT2D eigenvalue weighted by Crippen LogP contribution is 2.35. The maximum atomic E-state index is 6.27. The molecule has 0 amide bonds. The lowest BCUT2D eigenvalue weighted by Gasteiger charge is -2.18.